The van der Waals surface area contributed by atoms with Crippen molar-refractivity contribution in [3.05, 3.63) is 11.9 Å². The van der Waals surface area contributed by atoms with Crippen LogP contribution in [0.1, 0.15) is 5.69 Å². The topological polar surface area (TPSA) is 130 Å². The number of ether oxygens (including phenoxy) is 2. The molecule has 2 heterocycles. The van der Waals surface area contributed by atoms with E-state index in [0.29, 0.717) is 5.69 Å². The summed E-state index contributed by atoms with van der Waals surface area (Å²) in [6.07, 6.45) is -4.30. The highest BCUT2D eigenvalue weighted by Crippen LogP contribution is 2.22. The lowest BCUT2D eigenvalue weighted by atomic mass is 9.99. The molecule has 0 spiro atoms. The Bertz CT molecular complexity index is 412. The normalized spacial score (nSPS) is 35.5. The van der Waals surface area contributed by atoms with Crippen molar-refractivity contribution >= 4 is 0 Å². The van der Waals surface area contributed by atoms with Gasteiger partial charge < -0.3 is 29.9 Å². The number of hydrogen-bond acceptors (Lipinski definition) is 8. The summed E-state index contributed by atoms with van der Waals surface area (Å²) >= 11 is 0. The second-order valence-electron chi connectivity index (χ2n) is 4.34. The Morgan fingerprint density at radius 3 is 2.63 bits per heavy atom. The van der Waals surface area contributed by atoms with Crippen LogP contribution in [0.25, 0.3) is 0 Å². The van der Waals surface area contributed by atoms with E-state index < -0.39 is 30.7 Å². The minimum atomic E-state index is -1.37. The predicted octanol–water partition coefficient (Wildman–Crippen LogP) is -2.78. The fourth-order valence-electron chi connectivity index (χ4n) is 1.95. The minimum Gasteiger partial charge on any atom is -0.390 e. The van der Waals surface area contributed by atoms with Crippen LogP contribution in [0.3, 0.4) is 0 Å². The Balaban J connectivity index is 2.06. The minimum absolute atomic E-state index is 0.109. The average molecular weight is 275 g/mol. The fraction of sp³-hybridized carbons (Fsp3) is 0.800. The van der Waals surface area contributed by atoms with Gasteiger partial charge in [0.15, 0.2) is 6.29 Å². The first-order chi connectivity index (χ1) is 9.06. The summed E-state index contributed by atoms with van der Waals surface area (Å²) in [4.78, 5) is 0. The standard InChI is InChI=1S/C10H17N3O6/c1-18-10-9(17)8(16)7(15)6(19-10)3-13-2-5(4-14)11-12-13/h2,6-10,14-17H,3-4H2,1H3/t6-,7-,8?,9+,10?/m1/s1. The van der Waals surface area contributed by atoms with Gasteiger partial charge in [-0.2, -0.15) is 0 Å². The third-order valence-electron chi connectivity index (χ3n) is 3.02. The summed E-state index contributed by atoms with van der Waals surface area (Å²) in [7, 11) is 1.33. The Morgan fingerprint density at radius 1 is 1.32 bits per heavy atom. The monoisotopic (exact) mass is 275 g/mol. The van der Waals surface area contributed by atoms with Crippen LogP contribution in [0.15, 0.2) is 6.20 Å². The van der Waals surface area contributed by atoms with Crippen molar-refractivity contribution in [2.75, 3.05) is 7.11 Å². The third-order valence-corrected chi connectivity index (χ3v) is 3.02. The molecule has 2 rings (SSSR count). The molecule has 1 aliphatic heterocycles. The SMILES string of the molecule is COC1O[C@H](Cn2cc(CO)nn2)[C@@H](O)C(O)[C@@H]1O. The van der Waals surface area contributed by atoms with Gasteiger partial charge in [0.25, 0.3) is 0 Å². The molecule has 1 fully saturated rings. The highest BCUT2D eigenvalue weighted by Gasteiger charge is 2.44. The van der Waals surface area contributed by atoms with Crippen molar-refractivity contribution in [1.82, 2.24) is 15.0 Å². The first-order valence-corrected chi connectivity index (χ1v) is 5.79. The lowest BCUT2D eigenvalue weighted by Gasteiger charge is -2.39. The molecule has 0 saturated carbocycles. The van der Waals surface area contributed by atoms with Crippen LogP contribution >= 0.6 is 0 Å². The average Bonchev–Trinajstić information content (AvgIpc) is 2.87. The quantitative estimate of drug-likeness (QED) is 0.464. The van der Waals surface area contributed by atoms with Crippen LogP contribution in [-0.4, -0.2) is 73.2 Å². The van der Waals surface area contributed by atoms with Gasteiger partial charge in [-0.15, -0.1) is 5.10 Å². The molecule has 2 unspecified atom stereocenters. The molecule has 0 amide bonds. The zero-order valence-electron chi connectivity index (χ0n) is 10.3. The van der Waals surface area contributed by atoms with Crippen molar-refractivity contribution < 1.29 is 29.9 Å². The van der Waals surface area contributed by atoms with Crippen molar-refractivity contribution in [2.24, 2.45) is 0 Å². The van der Waals surface area contributed by atoms with E-state index in [2.05, 4.69) is 10.3 Å². The van der Waals surface area contributed by atoms with E-state index in [9.17, 15) is 15.3 Å². The van der Waals surface area contributed by atoms with E-state index in [-0.39, 0.29) is 13.2 Å². The third kappa shape index (κ3) is 2.91. The van der Waals surface area contributed by atoms with Gasteiger partial charge in [0.2, 0.25) is 0 Å². The van der Waals surface area contributed by atoms with Gasteiger partial charge >= 0.3 is 0 Å². The van der Waals surface area contributed by atoms with E-state index in [4.69, 9.17) is 14.6 Å². The lowest BCUT2D eigenvalue weighted by molar-refractivity contribution is -0.292. The van der Waals surface area contributed by atoms with Crippen LogP contribution in [0.4, 0.5) is 0 Å². The van der Waals surface area contributed by atoms with Crippen LogP contribution < -0.4 is 0 Å². The summed E-state index contributed by atoms with van der Waals surface area (Å²) < 4.78 is 11.6. The highest BCUT2D eigenvalue weighted by molar-refractivity contribution is 4.92. The molecule has 0 radical (unpaired) electrons. The van der Waals surface area contributed by atoms with Gasteiger partial charge in [0.05, 0.1) is 19.3 Å². The molecule has 1 aliphatic rings. The second-order valence-corrected chi connectivity index (χ2v) is 4.34. The zero-order valence-corrected chi connectivity index (χ0v) is 10.3. The lowest BCUT2D eigenvalue weighted by Crippen LogP contribution is -2.58. The Morgan fingerprint density at radius 2 is 2.05 bits per heavy atom. The van der Waals surface area contributed by atoms with E-state index >= 15 is 0 Å². The summed E-state index contributed by atoms with van der Waals surface area (Å²) in [5, 5.41) is 45.5. The molecule has 0 aromatic carbocycles. The van der Waals surface area contributed by atoms with Crippen molar-refractivity contribution in [2.45, 2.75) is 43.9 Å². The van der Waals surface area contributed by atoms with E-state index in [0.717, 1.165) is 0 Å². The highest BCUT2D eigenvalue weighted by atomic mass is 16.7. The summed E-state index contributed by atoms with van der Waals surface area (Å²) in [6.45, 7) is -0.131. The van der Waals surface area contributed by atoms with Crippen molar-refractivity contribution in [3.63, 3.8) is 0 Å². The molecule has 1 aromatic heterocycles. The number of aliphatic hydroxyl groups is 4. The first-order valence-electron chi connectivity index (χ1n) is 5.79. The number of aliphatic hydroxyl groups excluding tert-OH is 4. The molecule has 5 atom stereocenters. The van der Waals surface area contributed by atoms with Gasteiger partial charge in [-0.1, -0.05) is 5.21 Å². The molecule has 4 N–H and O–H groups in total. The summed E-state index contributed by atoms with van der Waals surface area (Å²) in [6, 6.07) is 0. The van der Waals surface area contributed by atoms with Gasteiger partial charge in [0.1, 0.15) is 30.1 Å². The van der Waals surface area contributed by atoms with Gasteiger partial charge in [-0.3, -0.25) is 0 Å². The molecule has 1 aromatic rings. The van der Waals surface area contributed by atoms with Gasteiger partial charge in [-0.05, 0) is 0 Å². The smallest absolute Gasteiger partial charge is 0.186 e. The number of hydrogen-bond donors (Lipinski definition) is 4. The van der Waals surface area contributed by atoms with Crippen LogP contribution in [0, 0.1) is 0 Å². The zero-order chi connectivity index (χ0) is 14.0. The Labute approximate surface area is 109 Å². The van der Waals surface area contributed by atoms with Crippen LogP contribution in [-0.2, 0) is 22.6 Å². The largest absolute Gasteiger partial charge is 0.390 e. The van der Waals surface area contributed by atoms with Gasteiger partial charge in [0, 0.05) is 7.11 Å². The molecule has 108 valence electrons. The molecule has 19 heavy (non-hydrogen) atoms. The van der Waals surface area contributed by atoms with E-state index in [1.165, 1.54) is 18.0 Å². The van der Waals surface area contributed by atoms with Crippen molar-refractivity contribution in [1.29, 1.82) is 0 Å². The summed E-state index contributed by atoms with van der Waals surface area (Å²) in [5.41, 5.74) is 0.383. The Kier molecular flexibility index (Phi) is 4.45. The van der Waals surface area contributed by atoms with Gasteiger partial charge in [-0.25, -0.2) is 4.68 Å². The maximum Gasteiger partial charge on any atom is 0.186 e. The number of nitrogens with zero attached hydrogens (tertiary/aromatic N) is 3. The Hall–Kier alpha value is -1.10. The second kappa shape index (κ2) is 5.90. The summed E-state index contributed by atoms with van der Waals surface area (Å²) in [5.74, 6) is 0. The molecule has 9 nitrogen and oxygen atoms in total. The molecule has 0 bridgehead atoms. The predicted molar refractivity (Wildman–Crippen MR) is 59.6 cm³/mol. The van der Waals surface area contributed by atoms with Crippen molar-refractivity contribution in [3.8, 4) is 0 Å². The number of rotatable bonds is 4. The molecule has 0 aliphatic carbocycles. The molecule has 9 heteroatoms. The van der Waals surface area contributed by atoms with Crippen LogP contribution in [0.2, 0.25) is 0 Å². The molecular formula is C10H17N3O6. The maximum atomic E-state index is 9.85. The van der Waals surface area contributed by atoms with Crippen LogP contribution in [0.5, 0.6) is 0 Å². The van der Waals surface area contributed by atoms with E-state index in [1.807, 2.05) is 0 Å². The molecular weight excluding hydrogens is 258 g/mol. The fourth-order valence-corrected chi connectivity index (χ4v) is 1.95. The number of methoxy groups -OCH3 is 1. The first kappa shape index (κ1) is 14.3. The van der Waals surface area contributed by atoms with E-state index in [1.54, 1.807) is 0 Å². The number of aromatic nitrogens is 3. The molecule has 1 saturated heterocycles. The maximum absolute atomic E-state index is 9.85.